The van der Waals surface area contributed by atoms with Gasteiger partial charge in [0.05, 0.1) is 0 Å². The lowest BCUT2D eigenvalue weighted by Crippen LogP contribution is -2.41. The Hall–Kier alpha value is -0.780. The summed E-state index contributed by atoms with van der Waals surface area (Å²) in [6.45, 7) is 0. The van der Waals surface area contributed by atoms with E-state index in [4.69, 9.17) is 27.3 Å². The molecule has 0 aromatic rings. The van der Waals surface area contributed by atoms with Crippen LogP contribution in [-0.2, 0) is 9.63 Å². The first kappa shape index (κ1) is 8.32. The zero-order valence-corrected chi connectivity index (χ0v) is 6.21. The molecule has 0 saturated heterocycles. The molecule has 6 heteroatoms. The lowest BCUT2D eigenvalue weighted by molar-refractivity contribution is -0.141. The number of halogens is 1. The van der Waals surface area contributed by atoms with Crippen molar-refractivity contribution >= 4 is 17.6 Å². The largest absolute Gasteiger partial charge is 0.480 e. The monoisotopic (exact) mass is 178 g/mol. The molecule has 4 N–H and O–H groups in total. The summed E-state index contributed by atoms with van der Waals surface area (Å²) in [5.41, 5.74) is 7.50. The number of carboxylic acid groups (broad SMARTS) is 1. The third-order valence-corrected chi connectivity index (χ3v) is 1.45. The van der Waals surface area contributed by atoms with Crippen LogP contribution in [0.1, 0.15) is 0 Å². The average molecular weight is 179 g/mol. The van der Waals surface area contributed by atoms with Gasteiger partial charge in [0.15, 0.2) is 0 Å². The SMILES string of the molecule is N[C@H](C(=O)O)[C@@H]1C=C(Cl)NO1. The standard InChI is InChI=1S/C5H7ClN2O3/c6-3-1-2(11-8-3)4(7)5(9)10/h1-2,4,8H,7H2,(H,9,10)/t2-,4-/m0/s1. The first-order valence-electron chi connectivity index (χ1n) is 2.88. The summed E-state index contributed by atoms with van der Waals surface area (Å²) < 4.78 is 0. The Balaban J connectivity index is 2.56. The van der Waals surface area contributed by atoms with E-state index in [1.54, 1.807) is 0 Å². The second-order valence-corrected chi connectivity index (χ2v) is 2.47. The molecule has 0 aromatic heterocycles. The fourth-order valence-corrected chi connectivity index (χ4v) is 0.823. The average Bonchev–Trinajstić information content (AvgIpc) is 2.34. The molecule has 1 rings (SSSR count). The van der Waals surface area contributed by atoms with Crippen molar-refractivity contribution in [2.45, 2.75) is 12.1 Å². The normalized spacial score (nSPS) is 25.6. The van der Waals surface area contributed by atoms with Crippen molar-refractivity contribution in [2.24, 2.45) is 5.73 Å². The minimum Gasteiger partial charge on any atom is -0.480 e. The second kappa shape index (κ2) is 3.08. The molecule has 0 bridgehead atoms. The highest BCUT2D eigenvalue weighted by atomic mass is 35.5. The van der Waals surface area contributed by atoms with Crippen LogP contribution in [0.4, 0.5) is 0 Å². The van der Waals surface area contributed by atoms with Crippen LogP contribution < -0.4 is 11.2 Å². The first-order valence-corrected chi connectivity index (χ1v) is 3.26. The molecule has 0 radical (unpaired) electrons. The fourth-order valence-electron chi connectivity index (χ4n) is 0.654. The third kappa shape index (κ3) is 1.83. The molecule has 2 atom stereocenters. The van der Waals surface area contributed by atoms with Gasteiger partial charge in [0, 0.05) is 0 Å². The van der Waals surface area contributed by atoms with Crippen LogP contribution in [0.2, 0.25) is 0 Å². The number of nitrogens with one attached hydrogen (secondary N) is 1. The number of rotatable bonds is 2. The molecule has 0 spiro atoms. The third-order valence-electron chi connectivity index (χ3n) is 1.24. The summed E-state index contributed by atoms with van der Waals surface area (Å²) in [5, 5.41) is 8.68. The zero-order valence-electron chi connectivity index (χ0n) is 5.45. The summed E-state index contributed by atoms with van der Waals surface area (Å²) >= 11 is 5.43. The van der Waals surface area contributed by atoms with Crippen molar-refractivity contribution in [3.05, 3.63) is 11.2 Å². The van der Waals surface area contributed by atoms with Crippen molar-refractivity contribution in [3.63, 3.8) is 0 Å². The van der Waals surface area contributed by atoms with Gasteiger partial charge in [-0.15, -0.1) is 0 Å². The van der Waals surface area contributed by atoms with E-state index in [2.05, 4.69) is 5.48 Å². The van der Waals surface area contributed by atoms with Gasteiger partial charge < -0.3 is 10.8 Å². The van der Waals surface area contributed by atoms with E-state index in [1.807, 2.05) is 0 Å². The highest BCUT2D eigenvalue weighted by Gasteiger charge is 2.27. The zero-order chi connectivity index (χ0) is 8.43. The maximum absolute atomic E-state index is 10.3. The summed E-state index contributed by atoms with van der Waals surface area (Å²) in [6, 6.07) is -1.08. The molecule has 1 aliphatic rings. The molecule has 1 aliphatic heterocycles. The van der Waals surface area contributed by atoms with Crippen molar-refractivity contribution < 1.29 is 14.7 Å². The van der Waals surface area contributed by atoms with Gasteiger partial charge in [0.1, 0.15) is 17.3 Å². The van der Waals surface area contributed by atoms with Crippen molar-refractivity contribution in [1.29, 1.82) is 0 Å². The predicted octanol–water partition coefficient (Wildman–Crippen LogP) is -0.618. The highest BCUT2D eigenvalue weighted by molar-refractivity contribution is 6.29. The number of nitrogens with two attached hydrogens (primary N) is 1. The number of hydroxylamine groups is 1. The number of hydrogen-bond donors (Lipinski definition) is 3. The molecule has 0 amide bonds. The summed E-state index contributed by atoms with van der Waals surface area (Å²) in [4.78, 5) is 15.0. The molecule has 11 heavy (non-hydrogen) atoms. The van der Waals surface area contributed by atoms with Gasteiger partial charge in [0.25, 0.3) is 0 Å². The molecular weight excluding hydrogens is 172 g/mol. The lowest BCUT2D eigenvalue weighted by Gasteiger charge is -2.10. The number of aliphatic carboxylic acids is 1. The van der Waals surface area contributed by atoms with E-state index in [9.17, 15) is 4.79 Å². The molecule has 0 unspecified atom stereocenters. The van der Waals surface area contributed by atoms with Gasteiger partial charge in [-0.3, -0.25) is 15.1 Å². The Labute approximate surface area is 67.7 Å². The van der Waals surface area contributed by atoms with Gasteiger partial charge in [-0.05, 0) is 6.08 Å². The first-order chi connectivity index (χ1) is 5.11. The predicted molar refractivity (Wildman–Crippen MR) is 37.6 cm³/mol. The van der Waals surface area contributed by atoms with Crippen LogP contribution >= 0.6 is 11.6 Å². The van der Waals surface area contributed by atoms with Gasteiger partial charge in [0.2, 0.25) is 0 Å². The highest BCUT2D eigenvalue weighted by Crippen LogP contribution is 2.11. The molecule has 62 valence electrons. The Kier molecular flexibility index (Phi) is 2.33. The van der Waals surface area contributed by atoms with Crippen LogP contribution in [0.15, 0.2) is 11.2 Å². The van der Waals surface area contributed by atoms with E-state index in [-0.39, 0.29) is 5.16 Å². The Morgan fingerprint density at radius 1 is 2.00 bits per heavy atom. The van der Waals surface area contributed by atoms with Gasteiger partial charge >= 0.3 is 5.97 Å². The molecule has 0 saturated carbocycles. The maximum Gasteiger partial charge on any atom is 0.323 e. The molecule has 1 heterocycles. The number of carboxylic acids is 1. The van der Waals surface area contributed by atoms with E-state index < -0.39 is 18.1 Å². The van der Waals surface area contributed by atoms with Crippen LogP contribution in [0.25, 0.3) is 0 Å². The minimum absolute atomic E-state index is 0.256. The van der Waals surface area contributed by atoms with Gasteiger partial charge in [-0.2, -0.15) is 0 Å². The van der Waals surface area contributed by atoms with Crippen LogP contribution in [0, 0.1) is 0 Å². The minimum atomic E-state index is -1.13. The van der Waals surface area contributed by atoms with Crippen molar-refractivity contribution in [1.82, 2.24) is 5.48 Å². The van der Waals surface area contributed by atoms with Crippen molar-refractivity contribution in [2.75, 3.05) is 0 Å². The van der Waals surface area contributed by atoms with E-state index in [0.717, 1.165) is 0 Å². The Morgan fingerprint density at radius 2 is 2.64 bits per heavy atom. The summed E-state index contributed by atoms with van der Waals surface area (Å²) in [6.07, 6.45) is 0.709. The van der Waals surface area contributed by atoms with Gasteiger partial charge in [-0.1, -0.05) is 11.6 Å². The Bertz CT molecular complexity index is 206. The van der Waals surface area contributed by atoms with Gasteiger partial charge in [-0.25, -0.2) is 0 Å². The van der Waals surface area contributed by atoms with Crippen LogP contribution in [0.5, 0.6) is 0 Å². The lowest BCUT2D eigenvalue weighted by atomic mass is 10.2. The van der Waals surface area contributed by atoms with E-state index in [0.29, 0.717) is 0 Å². The van der Waals surface area contributed by atoms with E-state index in [1.165, 1.54) is 6.08 Å². The molecular formula is C5H7ClN2O3. The maximum atomic E-state index is 10.3. The fraction of sp³-hybridized carbons (Fsp3) is 0.400. The summed E-state index contributed by atoms with van der Waals surface area (Å²) in [5.74, 6) is -1.13. The smallest absolute Gasteiger partial charge is 0.323 e. The van der Waals surface area contributed by atoms with E-state index >= 15 is 0 Å². The number of carbonyl (C=O) groups is 1. The molecule has 0 fully saturated rings. The molecule has 0 aliphatic carbocycles. The topological polar surface area (TPSA) is 84.6 Å². The quantitative estimate of drug-likeness (QED) is 0.491. The van der Waals surface area contributed by atoms with Crippen molar-refractivity contribution in [3.8, 4) is 0 Å². The molecule has 0 aromatic carbocycles. The summed E-state index contributed by atoms with van der Waals surface area (Å²) in [7, 11) is 0. The number of hydrogen-bond acceptors (Lipinski definition) is 4. The molecule has 5 nitrogen and oxygen atoms in total. The van der Waals surface area contributed by atoms with Crippen LogP contribution in [0.3, 0.4) is 0 Å². The second-order valence-electron chi connectivity index (χ2n) is 2.06. The van der Waals surface area contributed by atoms with Crippen LogP contribution in [-0.4, -0.2) is 23.2 Å². The Morgan fingerprint density at radius 3 is 3.00 bits per heavy atom.